The molecule has 1 atom stereocenters. The fourth-order valence-corrected chi connectivity index (χ4v) is 13.7. The van der Waals surface area contributed by atoms with Gasteiger partial charge >= 0.3 is 11.9 Å². The van der Waals surface area contributed by atoms with Crippen molar-refractivity contribution in [3.63, 3.8) is 0 Å². The topological polar surface area (TPSA) is 72.8 Å². The molecule has 0 spiro atoms. The smallest absolute Gasteiger partial charge is 0.306 e. The van der Waals surface area contributed by atoms with Gasteiger partial charge in [0.05, 0.1) is 6.61 Å². The van der Waals surface area contributed by atoms with Crippen molar-refractivity contribution in [2.24, 2.45) is 0 Å². The first-order valence-electron chi connectivity index (χ1n) is 43.3. The highest BCUT2D eigenvalue weighted by Crippen LogP contribution is 2.21. The Morgan fingerprint density at radius 2 is 0.453 bits per heavy atom. The Morgan fingerprint density at radius 3 is 0.684 bits per heavy atom. The molecule has 0 saturated carbocycles. The molecule has 0 radical (unpaired) electrons. The maximum Gasteiger partial charge on any atom is 0.306 e. The van der Waals surface area contributed by atoms with Crippen LogP contribution in [0.15, 0.2) is 60.8 Å². The van der Waals surface area contributed by atoms with Crippen LogP contribution in [-0.2, 0) is 19.1 Å². The summed E-state index contributed by atoms with van der Waals surface area (Å²) in [6.07, 6.45) is 119. The lowest BCUT2D eigenvalue weighted by atomic mass is 10.0. The summed E-state index contributed by atoms with van der Waals surface area (Å²) in [5.41, 5.74) is 0. The molecule has 558 valence electrons. The van der Waals surface area contributed by atoms with Crippen LogP contribution in [-0.4, -0.2) is 36.4 Å². The number of hydrogen-bond acceptors (Lipinski definition) is 5. The molecule has 0 aromatic heterocycles. The molecular weight excluding hydrogens is 1160 g/mol. The van der Waals surface area contributed by atoms with Crippen LogP contribution in [0.1, 0.15) is 483 Å². The average Bonchev–Trinajstić information content (AvgIpc) is 3.80. The maximum atomic E-state index is 12.4. The number of allylic oxidation sites excluding steroid dienone is 10. The van der Waals surface area contributed by atoms with E-state index in [1.807, 2.05) is 0 Å². The Kier molecular flexibility index (Phi) is 83.7. The molecule has 0 aliphatic carbocycles. The molecular formula is C90H168O5. The van der Waals surface area contributed by atoms with Crippen LogP contribution in [0.4, 0.5) is 0 Å². The summed E-state index contributed by atoms with van der Waals surface area (Å²) in [5, 5.41) is 9.74. The van der Waals surface area contributed by atoms with Crippen molar-refractivity contribution in [3.8, 4) is 0 Å². The zero-order valence-corrected chi connectivity index (χ0v) is 64.5. The quantitative estimate of drug-likeness (QED) is 0.0373. The highest BCUT2D eigenvalue weighted by molar-refractivity contribution is 5.70. The first-order valence-corrected chi connectivity index (χ1v) is 43.3. The van der Waals surface area contributed by atoms with Crippen molar-refractivity contribution in [3.05, 3.63) is 60.8 Å². The van der Waals surface area contributed by atoms with Crippen LogP contribution in [0.2, 0.25) is 0 Å². The first-order chi connectivity index (χ1) is 47.1. The summed E-state index contributed by atoms with van der Waals surface area (Å²) in [6, 6.07) is 0. The minimum atomic E-state index is -0.771. The van der Waals surface area contributed by atoms with E-state index in [1.165, 1.54) is 392 Å². The molecule has 1 unspecified atom stereocenters. The monoisotopic (exact) mass is 1330 g/mol. The van der Waals surface area contributed by atoms with E-state index in [1.54, 1.807) is 0 Å². The van der Waals surface area contributed by atoms with E-state index in [0.29, 0.717) is 12.8 Å². The Hall–Kier alpha value is -2.40. The molecule has 0 aromatic rings. The molecule has 5 heteroatoms. The minimum Gasteiger partial charge on any atom is -0.462 e. The number of unbranched alkanes of at least 4 members (excludes halogenated alkanes) is 64. The minimum absolute atomic E-state index is 0.0585. The maximum absolute atomic E-state index is 12.4. The molecule has 0 heterocycles. The van der Waals surface area contributed by atoms with Crippen LogP contribution in [0.3, 0.4) is 0 Å². The Labute approximate surface area is 595 Å². The zero-order chi connectivity index (χ0) is 68.3. The largest absolute Gasteiger partial charge is 0.462 e. The van der Waals surface area contributed by atoms with Crippen LogP contribution < -0.4 is 0 Å². The van der Waals surface area contributed by atoms with Gasteiger partial charge in [0.15, 0.2) is 6.10 Å². The number of hydrogen-bond donors (Lipinski definition) is 1. The van der Waals surface area contributed by atoms with E-state index in [-0.39, 0.29) is 25.2 Å². The van der Waals surface area contributed by atoms with Crippen molar-refractivity contribution < 1.29 is 24.2 Å². The number of carbonyl (C=O) groups excluding carboxylic acids is 2. The van der Waals surface area contributed by atoms with Crippen molar-refractivity contribution in [2.75, 3.05) is 13.2 Å². The van der Waals surface area contributed by atoms with Crippen molar-refractivity contribution in [1.82, 2.24) is 0 Å². The van der Waals surface area contributed by atoms with Crippen LogP contribution >= 0.6 is 0 Å². The van der Waals surface area contributed by atoms with Gasteiger partial charge in [0.1, 0.15) is 6.61 Å². The third-order valence-corrected chi connectivity index (χ3v) is 20.1. The number of ether oxygens (including phenoxy) is 2. The molecule has 0 amide bonds. The summed E-state index contributed by atoms with van der Waals surface area (Å²) in [4.78, 5) is 24.8. The average molecular weight is 1330 g/mol. The normalized spacial score (nSPS) is 12.4. The molecule has 0 aromatic carbocycles. The second-order valence-corrected chi connectivity index (χ2v) is 29.6. The van der Waals surface area contributed by atoms with E-state index in [2.05, 4.69) is 74.6 Å². The number of rotatable bonds is 82. The van der Waals surface area contributed by atoms with Gasteiger partial charge in [-0.1, -0.05) is 473 Å². The van der Waals surface area contributed by atoms with Crippen LogP contribution in [0.25, 0.3) is 0 Å². The molecule has 0 bridgehead atoms. The summed E-state index contributed by atoms with van der Waals surface area (Å²) < 4.78 is 10.8. The van der Waals surface area contributed by atoms with Gasteiger partial charge < -0.3 is 14.6 Å². The molecule has 95 heavy (non-hydrogen) atoms. The highest BCUT2D eigenvalue weighted by atomic mass is 16.6. The lowest BCUT2D eigenvalue weighted by Crippen LogP contribution is -2.28. The molecule has 0 rings (SSSR count). The highest BCUT2D eigenvalue weighted by Gasteiger charge is 2.16. The van der Waals surface area contributed by atoms with Crippen LogP contribution in [0.5, 0.6) is 0 Å². The van der Waals surface area contributed by atoms with E-state index in [9.17, 15) is 14.7 Å². The van der Waals surface area contributed by atoms with Crippen molar-refractivity contribution in [1.29, 1.82) is 0 Å². The number of esters is 2. The van der Waals surface area contributed by atoms with Gasteiger partial charge in [0.2, 0.25) is 0 Å². The SMILES string of the molecule is CC/C=C\C/C=C\C/C=C\C/C=C\C/C=C\CCCCCCCCCCCCCCCCCCCCCCCCCCCC(=O)OC(CO)COC(=O)CCCCCCCCCCCCCCCCCCCCCCCCCCCCCCCCCCCCCCCCCC. The van der Waals surface area contributed by atoms with Crippen LogP contribution in [0, 0.1) is 0 Å². The predicted molar refractivity (Wildman–Crippen MR) is 422 cm³/mol. The van der Waals surface area contributed by atoms with Gasteiger partial charge in [-0.05, 0) is 57.8 Å². The van der Waals surface area contributed by atoms with Gasteiger partial charge in [-0.25, -0.2) is 0 Å². The van der Waals surface area contributed by atoms with Gasteiger partial charge in [0.25, 0.3) is 0 Å². The van der Waals surface area contributed by atoms with E-state index < -0.39 is 6.10 Å². The Morgan fingerprint density at radius 1 is 0.253 bits per heavy atom. The first kappa shape index (κ1) is 92.6. The van der Waals surface area contributed by atoms with Gasteiger partial charge in [0, 0.05) is 12.8 Å². The molecule has 5 nitrogen and oxygen atoms in total. The third kappa shape index (κ3) is 83.9. The van der Waals surface area contributed by atoms with Gasteiger partial charge in [-0.2, -0.15) is 0 Å². The summed E-state index contributed by atoms with van der Waals surface area (Å²) in [6.45, 7) is 4.10. The molecule has 0 aliphatic heterocycles. The second kappa shape index (κ2) is 85.8. The van der Waals surface area contributed by atoms with Crippen molar-refractivity contribution >= 4 is 11.9 Å². The molecule has 0 fully saturated rings. The molecule has 1 N–H and O–H groups in total. The number of carbonyl (C=O) groups is 2. The fraction of sp³-hybridized carbons (Fsp3) is 0.867. The fourth-order valence-electron chi connectivity index (χ4n) is 13.7. The second-order valence-electron chi connectivity index (χ2n) is 29.6. The number of aliphatic hydroxyl groups excluding tert-OH is 1. The summed E-state index contributed by atoms with van der Waals surface area (Å²) in [7, 11) is 0. The van der Waals surface area contributed by atoms with E-state index in [4.69, 9.17) is 9.47 Å². The van der Waals surface area contributed by atoms with Gasteiger partial charge in [-0.3, -0.25) is 9.59 Å². The predicted octanol–water partition coefficient (Wildman–Crippen LogP) is 30.7. The summed E-state index contributed by atoms with van der Waals surface area (Å²) in [5.74, 6) is -0.561. The van der Waals surface area contributed by atoms with E-state index in [0.717, 1.165) is 64.2 Å². The standard InChI is InChI=1S/C90H168O5/c1-3-5-7-9-11-13-15-17-19-21-23-25-27-29-31-33-35-37-39-41-43-45-47-49-51-53-55-57-59-61-63-65-67-69-71-73-75-77-79-81-83-85-90(93)95-88(86-91)87-94-89(92)84-82-80-78-76-74-72-70-68-66-64-62-60-58-56-54-52-50-48-46-44-42-40-38-36-34-32-30-28-26-24-22-20-18-16-14-12-10-8-6-4-2/h5,7,11,13,17,19,23,25,29,31,88,91H,3-4,6,8-10,12,14-16,18,20-22,24,26-28,30,32-87H2,1-2H3/b7-5-,13-11-,19-17-,25-23-,31-29-. The summed E-state index contributed by atoms with van der Waals surface area (Å²) >= 11 is 0. The number of aliphatic hydroxyl groups is 1. The lowest BCUT2D eigenvalue weighted by molar-refractivity contribution is -0.161. The third-order valence-electron chi connectivity index (χ3n) is 20.1. The Balaban J connectivity index is 3.35. The van der Waals surface area contributed by atoms with Crippen molar-refractivity contribution in [2.45, 2.75) is 489 Å². The molecule has 0 saturated heterocycles. The molecule has 0 aliphatic rings. The van der Waals surface area contributed by atoms with E-state index >= 15 is 0 Å². The van der Waals surface area contributed by atoms with Gasteiger partial charge in [-0.15, -0.1) is 0 Å². The Bertz CT molecular complexity index is 1610. The lowest BCUT2D eigenvalue weighted by Gasteiger charge is -2.15. The zero-order valence-electron chi connectivity index (χ0n) is 64.5.